The van der Waals surface area contributed by atoms with Gasteiger partial charge in [0, 0.05) is 30.7 Å². The van der Waals surface area contributed by atoms with Gasteiger partial charge in [-0.05, 0) is 19.3 Å². The van der Waals surface area contributed by atoms with Gasteiger partial charge in [0.05, 0.1) is 6.04 Å². The van der Waals surface area contributed by atoms with E-state index in [4.69, 9.17) is 4.74 Å². The minimum Gasteiger partial charge on any atom is -0.381 e. The van der Waals surface area contributed by atoms with Gasteiger partial charge in [-0.3, -0.25) is 4.79 Å². The van der Waals surface area contributed by atoms with E-state index in [-0.39, 0.29) is 22.9 Å². The van der Waals surface area contributed by atoms with Crippen LogP contribution < -0.4 is 10.6 Å². The van der Waals surface area contributed by atoms with Crippen LogP contribution in [0.4, 0.5) is 0 Å². The summed E-state index contributed by atoms with van der Waals surface area (Å²) in [5, 5.41) is 6.48. The number of carbonyl (C=O) groups excluding carboxylic acids is 1. The van der Waals surface area contributed by atoms with Crippen LogP contribution in [0.3, 0.4) is 0 Å². The molecule has 0 aromatic carbocycles. The van der Waals surface area contributed by atoms with Gasteiger partial charge in [-0.15, -0.1) is 0 Å². The zero-order valence-electron chi connectivity index (χ0n) is 11.1. The van der Waals surface area contributed by atoms with Gasteiger partial charge in [-0.2, -0.15) is 0 Å². The molecule has 2 rings (SSSR count). The van der Waals surface area contributed by atoms with Gasteiger partial charge in [0.1, 0.15) is 0 Å². The molecule has 0 aromatic heterocycles. The van der Waals surface area contributed by atoms with Crippen molar-refractivity contribution in [1.82, 2.24) is 10.6 Å². The van der Waals surface area contributed by atoms with Crippen LogP contribution in [-0.4, -0.2) is 37.2 Å². The molecule has 0 aliphatic carbocycles. The van der Waals surface area contributed by atoms with Crippen molar-refractivity contribution in [1.29, 1.82) is 0 Å². The quantitative estimate of drug-likeness (QED) is 0.775. The van der Waals surface area contributed by atoms with Gasteiger partial charge in [-0.25, -0.2) is 0 Å². The summed E-state index contributed by atoms with van der Waals surface area (Å²) < 4.78 is 5.38. The summed E-state index contributed by atoms with van der Waals surface area (Å²) in [4.78, 5) is 12.3. The molecule has 0 bridgehead atoms. The highest BCUT2D eigenvalue weighted by molar-refractivity contribution is 5.84. The summed E-state index contributed by atoms with van der Waals surface area (Å²) in [6.45, 7) is 8.86. The third-order valence-corrected chi connectivity index (χ3v) is 4.32. The maximum absolute atomic E-state index is 12.3. The van der Waals surface area contributed by atoms with Crippen LogP contribution in [-0.2, 0) is 9.53 Å². The number of nitrogens with one attached hydrogen (secondary N) is 2. The molecule has 4 heteroatoms. The highest BCUT2D eigenvalue weighted by atomic mass is 16.5. The van der Waals surface area contributed by atoms with Gasteiger partial charge in [-0.1, -0.05) is 20.8 Å². The van der Waals surface area contributed by atoms with Crippen molar-refractivity contribution in [3.05, 3.63) is 0 Å². The zero-order chi connectivity index (χ0) is 12.5. The molecule has 98 valence electrons. The summed E-state index contributed by atoms with van der Waals surface area (Å²) in [6.07, 6.45) is 2.85. The van der Waals surface area contributed by atoms with Crippen molar-refractivity contribution >= 4 is 5.91 Å². The largest absolute Gasteiger partial charge is 0.381 e. The van der Waals surface area contributed by atoms with Crippen LogP contribution in [0.1, 0.15) is 40.0 Å². The summed E-state index contributed by atoms with van der Waals surface area (Å²) >= 11 is 0. The van der Waals surface area contributed by atoms with E-state index in [1.54, 1.807) is 0 Å². The number of hydrogen-bond acceptors (Lipinski definition) is 3. The summed E-state index contributed by atoms with van der Waals surface area (Å²) in [6, 6.07) is -0.0335. The Bertz CT molecular complexity index is 296. The first-order valence-corrected chi connectivity index (χ1v) is 6.62. The molecule has 2 saturated heterocycles. The van der Waals surface area contributed by atoms with Crippen molar-refractivity contribution < 1.29 is 9.53 Å². The van der Waals surface area contributed by atoms with Crippen LogP contribution in [0.15, 0.2) is 0 Å². The smallest absolute Gasteiger partial charge is 0.238 e. The molecule has 0 saturated carbocycles. The van der Waals surface area contributed by atoms with E-state index in [0.29, 0.717) is 0 Å². The maximum Gasteiger partial charge on any atom is 0.238 e. The lowest BCUT2D eigenvalue weighted by Crippen LogP contribution is -2.68. The number of rotatable bonds is 3. The maximum atomic E-state index is 12.3. The average molecular weight is 240 g/mol. The summed E-state index contributed by atoms with van der Waals surface area (Å²) in [5.74, 6) is 0.157. The van der Waals surface area contributed by atoms with E-state index in [0.717, 1.165) is 39.0 Å². The Balaban J connectivity index is 1.96. The first-order valence-electron chi connectivity index (χ1n) is 6.62. The molecule has 1 atom stereocenters. The Morgan fingerprint density at radius 1 is 1.41 bits per heavy atom. The van der Waals surface area contributed by atoms with Crippen LogP contribution in [0, 0.1) is 5.41 Å². The fourth-order valence-electron chi connectivity index (χ4n) is 2.72. The molecular formula is C13H24N2O2. The molecule has 2 aliphatic rings. The van der Waals surface area contributed by atoms with Crippen LogP contribution in [0.25, 0.3) is 0 Å². The van der Waals surface area contributed by atoms with E-state index in [9.17, 15) is 4.79 Å². The van der Waals surface area contributed by atoms with E-state index in [1.165, 1.54) is 0 Å². The minimum absolute atomic E-state index is 0.0335. The van der Waals surface area contributed by atoms with Gasteiger partial charge < -0.3 is 15.4 Å². The number of hydrogen-bond donors (Lipinski definition) is 2. The number of amides is 1. The van der Waals surface area contributed by atoms with Crippen LogP contribution in [0.2, 0.25) is 0 Å². The Labute approximate surface area is 103 Å². The van der Waals surface area contributed by atoms with E-state index in [2.05, 4.69) is 31.4 Å². The molecule has 2 heterocycles. The lowest BCUT2D eigenvalue weighted by Gasteiger charge is -2.47. The van der Waals surface area contributed by atoms with Gasteiger partial charge in [0.15, 0.2) is 0 Å². The molecule has 2 aliphatic heterocycles. The third kappa shape index (κ3) is 2.47. The second-order valence-corrected chi connectivity index (χ2v) is 6.04. The molecular weight excluding hydrogens is 216 g/mol. The standard InChI is InChI=1S/C13H24N2O2/c1-4-13(5-7-17-8-6-13)15-11(16)10-12(2,3)9-14-10/h10,14H,4-9H2,1-3H3,(H,15,16). The number of ether oxygens (including phenoxy) is 1. The topological polar surface area (TPSA) is 50.4 Å². The summed E-state index contributed by atoms with van der Waals surface area (Å²) in [5.41, 5.74) is 0.0485. The lowest BCUT2D eigenvalue weighted by molar-refractivity contribution is -0.132. The van der Waals surface area contributed by atoms with E-state index < -0.39 is 0 Å². The fraction of sp³-hybridized carbons (Fsp3) is 0.923. The SMILES string of the molecule is CCC1(NC(=O)C2NCC2(C)C)CCOCC1. The second kappa shape index (κ2) is 4.58. The Morgan fingerprint density at radius 2 is 2.06 bits per heavy atom. The van der Waals surface area contributed by atoms with Crippen molar-refractivity contribution in [3.8, 4) is 0 Å². The molecule has 2 fully saturated rings. The van der Waals surface area contributed by atoms with Gasteiger partial charge in [0.25, 0.3) is 0 Å². The zero-order valence-corrected chi connectivity index (χ0v) is 11.1. The molecule has 1 unspecified atom stereocenters. The minimum atomic E-state index is -0.0390. The number of carbonyl (C=O) groups is 1. The van der Waals surface area contributed by atoms with Crippen molar-refractivity contribution in [3.63, 3.8) is 0 Å². The normalized spacial score (nSPS) is 30.4. The Morgan fingerprint density at radius 3 is 2.47 bits per heavy atom. The first-order chi connectivity index (χ1) is 7.99. The van der Waals surface area contributed by atoms with Crippen molar-refractivity contribution in [2.75, 3.05) is 19.8 Å². The molecule has 0 aromatic rings. The van der Waals surface area contributed by atoms with Crippen molar-refractivity contribution in [2.45, 2.75) is 51.6 Å². The van der Waals surface area contributed by atoms with Gasteiger partial charge in [0.2, 0.25) is 5.91 Å². The third-order valence-electron chi connectivity index (χ3n) is 4.32. The monoisotopic (exact) mass is 240 g/mol. The predicted molar refractivity (Wildman–Crippen MR) is 66.8 cm³/mol. The van der Waals surface area contributed by atoms with Crippen LogP contribution in [0.5, 0.6) is 0 Å². The molecule has 4 nitrogen and oxygen atoms in total. The molecule has 1 amide bonds. The molecule has 2 N–H and O–H groups in total. The Hall–Kier alpha value is -0.610. The Kier molecular flexibility index (Phi) is 3.46. The highest BCUT2D eigenvalue weighted by Crippen LogP contribution is 2.30. The molecule has 17 heavy (non-hydrogen) atoms. The lowest BCUT2D eigenvalue weighted by atomic mass is 9.76. The summed E-state index contributed by atoms with van der Waals surface area (Å²) in [7, 11) is 0. The van der Waals surface area contributed by atoms with E-state index in [1.807, 2.05) is 0 Å². The first kappa shape index (κ1) is 12.8. The second-order valence-electron chi connectivity index (χ2n) is 6.04. The van der Waals surface area contributed by atoms with Crippen molar-refractivity contribution in [2.24, 2.45) is 5.41 Å². The molecule has 0 radical (unpaired) electrons. The van der Waals surface area contributed by atoms with E-state index >= 15 is 0 Å². The average Bonchev–Trinajstić information content (AvgIpc) is 2.28. The molecule has 0 spiro atoms. The van der Waals surface area contributed by atoms with Gasteiger partial charge >= 0.3 is 0 Å². The fourth-order valence-corrected chi connectivity index (χ4v) is 2.72. The highest BCUT2D eigenvalue weighted by Gasteiger charge is 2.45. The predicted octanol–water partition coefficient (Wildman–Crippen LogP) is 1.06. The van der Waals surface area contributed by atoms with Crippen LogP contribution >= 0.6 is 0 Å².